The van der Waals surface area contributed by atoms with Crippen molar-refractivity contribution in [2.75, 3.05) is 19.7 Å². The topological polar surface area (TPSA) is 82.8 Å². The third kappa shape index (κ3) is 3.87. The summed E-state index contributed by atoms with van der Waals surface area (Å²) < 4.78 is 1.60. The molecule has 0 unspecified atom stereocenters. The van der Waals surface area contributed by atoms with Crippen molar-refractivity contribution in [3.8, 4) is 0 Å². The number of aliphatic hydroxyl groups excluding tert-OH is 2. The fraction of sp³-hybridized carbons (Fsp3) is 0.667. The van der Waals surface area contributed by atoms with Crippen LogP contribution in [0.2, 0.25) is 0 Å². The van der Waals surface area contributed by atoms with Crippen LogP contribution in [0.3, 0.4) is 0 Å². The molecule has 6 nitrogen and oxygen atoms in total. The molecule has 1 fully saturated rings. The number of nitrogens with zero attached hydrogens (tertiary/aromatic N) is 2. The maximum Gasteiger partial charge on any atom is 0.250 e. The smallest absolute Gasteiger partial charge is 0.250 e. The Morgan fingerprint density at radius 2 is 2.17 bits per heavy atom. The van der Waals surface area contributed by atoms with Gasteiger partial charge in [-0.05, 0) is 25.8 Å². The zero-order valence-electron chi connectivity index (χ0n) is 14.6. The first kappa shape index (κ1) is 18.7. The predicted octanol–water partition coefficient (Wildman–Crippen LogP) is 0.919. The van der Waals surface area contributed by atoms with E-state index in [1.165, 1.54) is 6.07 Å². The van der Waals surface area contributed by atoms with Gasteiger partial charge in [0.2, 0.25) is 5.91 Å². The lowest BCUT2D eigenvalue weighted by Crippen LogP contribution is -2.55. The summed E-state index contributed by atoms with van der Waals surface area (Å²) in [5.41, 5.74) is 0.106. The van der Waals surface area contributed by atoms with Crippen LogP contribution in [0.5, 0.6) is 0 Å². The van der Waals surface area contributed by atoms with Crippen molar-refractivity contribution in [1.82, 2.24) is 9.47 Å². The molecule has 0 spiro atoms. The standard InChI is InChI=1S/C18H28N2O4/c1-3-9-18(13-21)12-19(10-7-15(18)22)16(23)8-11-20-14(2)5-4-6-17(20)24/h4-6,15,21-22H,3,7-13H2,1-2H3/t15-,18+/m1/s1. The zero-order chi connectivity index (χ0) is 17.7. The molecule has 0 aliphatic carbocycles. The minimum absolute atomic E-state index is 0.0361. The van der Waals surface area contributed by atoms with Crippen molar-refractivity contribution in [2.45, 2.75) is 52.2 Å². The molecular weight excluding hydrogens is 308 g/mol. The molecule has 0 saturated carbocycles. The molecule has 1 aromatic rings. The van der Waals surface area contributed by atoms with E-state index in [1.54, 1.807) is 15.5 Å². The fourth-order valence-corrected chi connectivity index (χ4v) is 3.62. The van der Waals surface area contributed by atoms with Crippen molar-refractivity contribution in [3.63, 3.8) is 0 Å². The molecule has 24 heavy (non-hydrogen) atoms. The molecule has 0 radical (unpaired) electrons. The second kappa shape index (κ2) is 7.94. The van der Waals surface area contributed by atoms with Crippen LogP contribution in [-0.2, 0) is 11.3 Å². The van der Waals surface area contributed by atoms with Gasteiger partial charge in [0, 0.05) is 43.2 Å². The quantitative estimate of drug-likeness (QED) is 0.809. The lowest BCUT2D eigenvalue weighted by molar-refractivity contribution is -0.142. The van der Waals surface area contributed by atoms with Gasteiger partial charge in [0.25, 0.3) is 5.56 Å². The number of amides is 1. The van der Waals surface area contributed by atoms with Gasteiger partial charge in [-0.1, -0.05) is 19.4 Å². The van der Waals surface area contributed by atoms with Crippen LogP contribution >= 0.6 is 0 Å². The van der Waals surface area contributed by atoms with E-state index in [1.807, 2.05) is 19.9 Å². The Bertz CT molecular complexity index is 628. The second-order valence-electron chi connectivity index (χ2n) is 6.80. The molecule has 1 aliphatic rings. The molecule has 2 heterocycles. The number of hydrogen-bond donors (Lipinski definition) is 2. The van der Waals surface area contributed by atoms with Crippen molar-refractivity contribution in [2.24, 2.45) is 5.41 Å². The first-order chi connectivity index (χ1) is 11.4. The first-order valence-corrected chi connectivity index (χ1v) is 8.66. The Labute approximate surface area is 142 Å². The zero-order valence-corrected chi connectivity index (χ0v) is 14.6. The van der Waals surface area contributed by atoms with Gasteiger partial charge in [-0.3, -0.25) is 9.59 Å². The summed E-state index contributed by atoms with van der Waals surface area (Å²) in [6.45, 7) is 4.96. The van der Waals surface area contributed by atoms with Crippen LogP contribution in [0.15, 0.2) is 23.0 Å². The van der Waals surface area contributed by atoms with Gasteiger partial charge < -0.3 is 19.7 Å². The van der Waals surface area contributed by atoms with Gasteiger partial charge in [-0.2, -0.15) is 0 Å². The minimum atomic E-state index is -0.623. The molecule has 6 heteroatoms. The first-order valence-electron chi connectivity index (χ1n) is 8.66. The number of aliphatic hydroxyl groups is 2. The van der Waals surface area contributed by atoms with E-state index >= 15 is 0 Å². The SMILES string of the molecule is CCC[C@@]1(CO)CN(C(=O)CCn2c(C)cccc2=O)CC[C@H]1O. The van der Waals surface area contributed by atoms with Crippen molar-refractivity contribution in [1.29, 1.82) is 0 Å². The van der Waals surface area contributed by atoms with E-state index in [4.69, 9.17) is 0 Å². The van der Waals surface area contributed by atoms with Crippen LogP contribution in [-0.4, -0.2) is 51.4 Å². The van der Waals surface area contributed by atoms with E-state index in [0.717, 1.165) is 12.1 Å². The third-order valence-corrected chi connectivity index (χ3v) is 5.12. The lowest BCUT2D eigenvalue weighted by Gasteiger charge is -2.45. The highest BCUT2D eigenvalue weighted by molar-refractivity contribution is 5.76. The molecule has 1 aromatic heterocycles. The molecule has 134 valence electrons. The van der Waals surface area contributed by atoms with E-state index in [9.17, 15) is 19.8 Å². The summed E-state index contributed by atoms with van der Waals surface area (Å²) in [5.74, 6) is -0.0361. The largest absolute Gasteiger partial charge is 0.396 e. The van der Waals surface area contributed by atoms with Gasteiger partial charge in [0.15, 0.2) is 0 Å². The minimum Gasteiger partial charge on any atom is -0.396 e. The van der Waals surface area contributed by atoms with Crippen LogP contribution in [0.4, 0.5) is 0 Å². The Hall–Kier alpha value is -1.66. The number of pyridine rings is 1. The molecular formula is C18H28N2O4. The van der Waals surface area contributed by atoms with Crippen LogP contribution in [0.1, 0.15) is 38.3 Å². The Morgan fingerprint density at radius 3 is 2.79 bits per heavy atom. The number of piperidine rings is 1. The predicted molar refractivity (Wildman–Crippen MR) is 91.7 cm³/mol. The number of carbonyl (C=O) groups excluding carboxylic acids is 1. The van der Waals surface area contributed by atoms with Gasteiger partial charge in [-0.15, -0.1) is 0 Å². The van der Waals surface area contributed by atoms with Crippen LogP contribution in [0, 0.1) is 12.3 Å². The van der Waals surface area contributed by atoms with Gasteiger partial charge >= 0.3 is 0 Å². The fourth-order valence-electron chi connectivity index (χ4n) is 3.62. The van der Waals surface area contributed by atoms with Crippen molar-refractivity contribution in [3.05, 3.63) is 34.2 Å². The Morgan fingerprint density at radius 1 is 1.42 bits per heavy atom. The van der Waals surface area contributed by atoms with Gasteiger partial charge in [0.1, 0.15) is 0 Å². The second-order valence-corrected chi connectivity index (χ2v) is 6.80. The number of rotatable bonds is 6. The molecule has 1 amide bonds. The maximum atomic E-state index is 12.6. The maximum absolute atomic E-state index is 12.6. The molecule has 2 N–H and O–H groups in total. The number of aryl methyl sites for hydroxylation is 1. The van der Waals surface area contributed by atoms with Crippen LogP contribution < -0.4 is 5.56 Å². The molecule has 1 aliphatic heterocycles. The number of aromatic nitrogens is 1. The summed E-state index contributed by atoms with van der Waals surface area (Å²) in [6, 6.07) is 5.05. The van der Waals surface area contributed by atoms with Gasteiger partial charge in [0.05, 0.1) is 12.7 Å². The Kier molecular flexibility index (Phi) is 6.18. The van der Waals surface area contributed by atoms with Gasteiger partial charge in [-0.25, -0.2) is 0 Å². The average Bonchev–Trinajstić information content (AvgIpc) is 2.56. The summed E-state index contributed by atoms with van der Waals surface area (Å²) in [6.07, 6.45) is 1.68. The Balaban J connectivity index is 2.03. The van der Waals surface area contributed by atoms with E-state index in [2.05, 4.69) is 0 Å². The molecule has 1 saturated heterocycles. The molecule has 2 atom stereocenters. The van der Waals surface area contributed by atoms with Crippen molar-refractivity contribution < 1.29 is 15.0 Å². The highest BCUT2D eigenvalue weighted by Gasteiger charge is 2.42. The number of hydrogen-bond acceptors (Lipinski definition) is 4. The van der Waals surface area contributed by atoms with E-state index in [-0.39, 0.29) is 24.5 Å². The normalized spacial score (nSPS) is 24.2. The van der Waals surface area contributed by atoms with Crippen LogP contribution in [0.25, 0.3) is 0 Å². The summed E-state index contributed by atoms with van der Waals surface area (Å²) >= 11 is 0. The molecule has 0 bridgehead atoms. The number of carbonyl (C=O) groups is 1. The lowest BCUT2D eigenvalue weighted by atomic mass is 9.74. The molecule has 0 aromatic carbocycles. The highest BCUT2D eigenvalue weighted by atomic mass is 16.3. The molecule has 2 rings (SSSR count). The van der Waals surface area contributed by atoms with Crippen molar-refractivity contribution >= 4 is 5.91 Å². The average molecular weight is 336 g/mol. The monoisotopic (exact) mass is 336 g/mol. The summed E-state index contributed by atoms with van der Waals surface area (Å²) in [7, 11) is 0. The number of likely N-dealkylation sites (tertiary alicyclic amines) is 1. The summed E-state index contributed by atoms with van der Waals surface area (Å²) in [4.78, 5) is 26.2. The highest BCUT2D eigenvalue weighted by Crippen LogP contribution is 2.34. The van der Waals surface area contributed by atoms with E-state index < -0.39 is 11.5 Å². The third-order valence-electron chi connectivity index (χ3n) is 5.12. The summed E-state index contributed by atoms with van der Waals surface area (Å²) in [5, 5.41) is 20.1. The van der Waals surface area contributed by atoms with E-state index in [0.29, 0.717) is 32.5 Å².